The molecule has 0 aromatic rings. The Labute approximate surface area is 211 Å². The van der Waals surface area contributed by atoms with Gasteiger partial charge >= 0.3 is 12.1 Å². The summed E-state index contributed by atoms with van der Waals surface area (Å²) in [5, 5.41) is 0. The second kappa shape index (κ2) is 23.5. The molecule has 0 aromatic carbocycles. The molecule has 0 fully saturated rings. The Kier molecular flexibility index (Phi) is 22.6. The molecule has 0 aliphatic heterocycles. The highest BCUT2D eigenvalue weighted by Gasteiger charge is 2.32. The van der Waals surface area contributed by atoms with Crippen molar-refractivity contribution in [2.45, 2.75) is 149 Å². The number of carbonyl (C=O) groups is 2. The lowest BCUT2D eigenvalue weighted by Crippen LogP contribution is -2.46. The third-order valence-corrected chi connectivity index (χ3v) is 6.54. The SMILES string of the molecule is CCCCCCCCCCCCOC(=O)C(C(C)C)N(C)C(=O)OCCCCCCCCCC. The van der Waals surface area contributed by atoms with Gasteiger partial charge in [-0.3, -0.25) is 4.90 Å². The summed E-state index contributed by atoms with van der Waals surface area (Å²) >= 11 is 0. The minimum absolute atomic E-state index is 0.0270. The minimum Gasteiger partial charge on any atom is -0.464 e. The number of ether oxygens (including phenoxy) is 2. The lowest BCUT2D eigenvalue weighted by Gasteiger charge is -2.28. The number of hydrogen-bond acceptors (Lipinski definition) is 4. The molecule has 0 rings (SSSR count). The summed E-state index contributed by atoms with van der Waals surface area (Å²) in [6.07, 6.45) is 21.7. The van der Waals surface area contributed by atoms with Crippen molar-refractivity contribution in [1.82, 2.24) is 4.90 Å². The zero-order chi connectivity index (χ0) is 25.4. The van der Waals surface area contributed by atoms with Gasteiger partial charge in [0.25, 0.3) is 0 Å². The lowest BCUT2D eigenvalue weighted by molar-refractivity contribution is -0.150. The first-order valence-corrected chi connectivity index (χ1v) is 14.5. The van der Waals surface area contributed by atoms with Gasteiger partial charge in [0.15, 0.2) is 0 Å². The largest absolute Gasteiger partial charge is 0.464 e. The van der Waals surface area contributed by atoms with E-state index in [0.29, 0.717) is 13.2 Å². The molecule has 0 saturated carbocycles. The van der Waals surface area contributed by atoms with Crippen LogP contribution >= 0.6 is 0 Å². The molecule has 0 bridgehead atoms. The predicted molar refractivity (Wildman–Crippen MR) is 143 cm³/mol. The van der Waals surface area contributed by atoms with Gasteiger partial charge in [-0.1, -0.05) is 130 Å². The quantitative estimate of drug-likeness (QED) is 0.108. The van der Waals surface area contributed by atoms with Crippen LogP contribution in [0.5, 0.6) is 0 Å². The Bertz CT molecular complexity index is 481. The van der Waals surface area contributed by atoms with Gasteiger partial charge in [0, 0.05) is 7.05 Å². The van der Waals surface area contributed by atoms with Crippen molar-refractivity contribution in [3.8, 4) is 0 Å². The standard InChI is InChI=1S/C29H57NO4/c1-6-8-10-12-14-16-17-19-20-22-24-33-28(31)27(26(3)4)30(5)29(32)34-25-23-21-18-15-13-11-9-7-2/h26-27H,6-25H2,1-5H3. The van der Waals surface area contributed by atoms with Crippen LogP contribution in [0, 0.1) is 5.92 Å². The molecule has 0 aliphatic carbocycles. The summed E-state index contributed by atoms with van der Waals surface area (Å²) < 4.78 is 10.9. The van der Waals surface area contributed by atoms with E-state index in [1.807, 2.05) is 13.8 Å². The molecule has 1 amide bonds. The lowest BCUT2D eigenvalue weighted by atomic mass is 10.0. The third-order valence-electron chi connectivity index (χ3n) is 6.54. The monoisotopic (exact) mass is 483 g/mol. The Morgan fingerprint density at radius 3 is 1.32 bits per heavy atom. The molecule has 1 unspecified atom stereocenters. The maximum atomic E-state index is 12.6. The molecule has 0 N–H and O–H groups in total. The highest BCUT2D eigenvalue weighted by atomic mass is 16.6. The van der Waals surface area contributed by atoms with E-state index in [1.54, 1.807) is 7.05 Å². The molecule has 0 aromatic heterocycles. The first-order chi connectivity index (χ1) is 16.5. The van der Waals surface area contributed by atoms with E-state index in [0.717, 1.165) is 25.7 Å². The molecular formula is C29H57NO4. The number of nitrogens with zero attached hydrogens (tertiary/aromatic N) is 1. The van der Waals surface area contributed by atoms with Gasteiger partial charge in [0.1, 0.15) is 6.04 Å². The van der Waals surface area contributed by atoms with Gasteiger partial charge in [0.05, 0.1) is 13.2 Å². The van der Waals surface area contributed by atoms with E-state index in [-0.39, 0.29) is 11.9 Å². The maximum absolute atomic E-state index is 12.6. The van der Waals surface area contributed by atoms with Gasteiger partial charge < -0.3 is 9.47 Å². The van der Waals surface area contributed by atoms with Crippen molar-refractivity contribution < 1.29 is 19.1 Å². The van der Waals surface area contributed by atoms with Crippen molar-refractivity contribution in [3.05, 3.63) is 0 Å². The minimum atomic E-state index is -0.603. The van der Waals surface area contributed by atoms with Crippen LogP contribution in [-0.2, 0) is 14.3 Å². The number of amides is 1. The first kappa shape index (κ1) is 32.7. The van der Waals surface area contributed by atoms with Crippen LogP contribution in [-0.4, -0.2) is 43.3 Å². The van der Waals surface area contributed by atoms with Gasteiger partial charge in [-0.15, -0.1) is 0 Å². The smallest absolute Gasteiger partial charge is 0.410 e. The van der Waals surface area contributed by atoms with Crippen LogP contribution in [0.4, 0.5) is 4.79 Å². The number of unbranched alkanes of at least 4 members (excludes halogenated alkanes) is 16. The second-order valence-electron chi connectivity index (χ2n) is 10.2. The number of hydrogen-bond donors (Lipinski definition) is 0. The van der Waals surface area contributed by atoms with Gasteiger partial charge in [-0.05, 0) is 18.8 Å². The molecular weight excluding hydrogens is 426 g/mol. The normalized spacial score (nSPS) is 12.1. The van der Waals surface area contributed by atoms with Crippen LogP contribution in [0.2, 0.25) is 0 Å². The number of rotatable bonds is 23. The van der Waals surface area contributed by atoms with Crippen LogP contribution in [0.15, 0.2) is 0 Å². The van der Waals surface area contributed by atoms with Crippen molar-refractivity contribution in [2.24, 2.45) is 5.92 Å². The predicted octanol–water partition coefficient (Wildman–Crippen LogP) is 8.68. The molecule has 1 atom stereocenters. The van der Waals surface area contributed by atoms with Gasteiger partial charge in [-0.25, -0.2) is 9.59 Å². The zero-order valence-corrected chi connectivity index (χ0v) is 23.4. The van der Waals surface area contributed by atoms with Crippen molar-refractivity contribution in [2.75, 3.05) is 20.3 Å². The molecule has 202 valence electrons. The fourth-order valence-electron chi connectivity index (χ4n) is 4.34. The third kappa shape index (κ3) is 18.1. The highest BCUT2D eigenvalue weighted by molar-refractivity contribution is 5.81. The van der Waals surface area contributed by atoms with Crippen molar-refractivity contribution in [3.63, 3.8) is 0 Å². The highest BCUT2D eigenvalue weighted by Crippen LogP contribution is 2.15. The van der Waals surface area contributed by atoms with E-state index in [1.165, 1.54) is 94.8 Å². The van der Waals surface area contributed by atoms with E-state index >= 15 is 0 Å². The van der Waals surface area contributed by atoms with Crippen LogP contribution in [0.25, 0.3) is 0 Å². The average Bonchev–Trinajstić information content (AvgIpc) is 2.81. The maximum Gasteiger partial charge on any atom is 0.410 e. The Balaban J connectivity index is 3.97. The molecule has 0 saturated heterocycles. The summed E-state index contributed by atoms with van der Waals surface area (Å²) in [6.45, 7) is 9.20. The second-order valence-corrected chi connectivity index (χ2v) is 10.2. The fraction of sp³-hybridized carbons (Fsp3) is 0.931. The van der Waals surface area contributed by atoms with Crippen LogP contribution in [0.1, 0.15) is 143 Å². The summed E-state index contributed by atoms with van der Waals surface area (Å²) in [6, 6.07) is -0.603. The van der Waals surface area contributed by atoms with E-state index in [9.17, 15) is 9.59 Å². The zero-order valence-electron chi connectivity index (χ0n) is 23.4. The average molecular weight is 484 g/mol. The first-order valence-electron chi connectivity index (χ1n) is 14.5. The molecule has 0 radical (unpaired) electrons. The van der Waals surface area contributed by atoms with Crippen LogP contribution < -0.4 is 0 Å². The summed E-state index contributed by atoms with van der Waals surface area (Å²) in [4.78, 5) is 26.5. The molecule has 5 nitrogen and oxygen atoms in total. The molecule has 34 heavy (non-hydrogen) atoms. The molecule has 0 spiro atoms. The topological polar surface area (TPSA) is 55.8 Å². The van der Waals surface area contributed by atoms with Crippen molar-refractivity contribution >= 4 is 12.1 Å². The number of likely N-dealkylation sites (N-methyl/N-ethyl adjacent to an activating group) is 1. The Morgan fingerprint density at radius 1 is 0.588 bits per heavy atom. The van der Waals surface area contributed by atoms with Gasteiger partial charge in [0.2, 0.25) is 0 Å². The molecule has 0 aliphatic rings. The fourth-order valence-corrected chi connectivity index (χ4v) is 4.34. The summed E-state index contributed by atoms with van der Waals surface area (Å²) in [5.41, 5.74) is 0. The van der Waals surface area contributed by atoms with E-state index in [4.69, 9.17) is 9.47 Å². The summed E-state index contributed by atoms with van der Waals surface area (Å²) in [7, 11) is 1.64. The van der Waals surface area contributed by atoms with Gasteiger partial charge in [-0.2, -0.15) is 0 Å². The Hall–Kier alpha value is -1.26. The summed E-state index contributed by atoms with van der Waals surface area (Å²) in [5.74, 6) is -0.349. The number of carbonyl (C=O) groups excluding carboxylic acids is 2. The van der Waals surface area contributed by atoms with Crippen LogP contribution in [0.3, 0.4) is 0 Å². The molecule has 5 heteroatoms. The van der Waals surface area contributed by atoms with E-state index in [2.05, 4.69) is 13.8 Å². The Morgan fingerprint density at radius 2 is 0.941 bits per heavy atom. The number of esters is 1. The van der Waals surface area contributed by atoms with Crippen molar-refractivity contribution in [1.29, 1.82) is 0 Å². The van der Waals surface area contributed by atoms with E-state index < -0.39 is 12.1 Å². The molecule has 0 heterocycles.